The molecule has 0 aromatic heterocycles. The van der Waals surface area contributed by atoms with Crippen molar-refractivity contribution in [2.24, 2.45) is 0 Å². The smallest absolute Gasteiger partial charge is 0.265 e. The fourth-order valence-electron chi connectivity index (χ4n) is 3.59. The molecule has 0 atom stereocenters. The van der Waals surface area contributed by atoms with E-state index in [1.807, 2.05) is 13.0 Å². The summed E-state index contributed by atoms with van der Waals surface area (Å²) in [4.78, 5) is 41.3. The van der Waals surface area contributed by atoms with E-state index in [2.05, 4.69) is 24.1 Å². The lowest BCUT2D eigenvalue weighted by Gasteiger charge is -2.29. The summed E-state index contributed by atoms with van der Waals surface area (Å²) in [6.45, 7) is 8.52. The van der Waals surface area contributed by atoms with Gasteiger partial charge in [-0.3, -0.25) is 19.3 Å². The average molecular weight is 488 g/mol. The van der Waals surface area contributed by atoms with Crippen LogP contribution in [0.15, 0.2) is 36.4 Å². The van der Waals surface area contributed by atoms with Gasteiger partial charge in [0.1, 0.15) is 18.0 Å². The molecule has 182 valence electrons. The van der Waals surface area contributed by atoms with Crippen LogP contribution in [0.2, 0.25) is 5.02 Å². The molecular weight excluding hydrogens is 458 g/mol. The van der Waals surface area contributed by atoms with Crippen molar-refractivity contribution in [3.05, 3.63) is 52.5 Å². The van der Waals surface area contributed by atoms with Crippen LogP contribution >= 0.6 is 11.6 Å². The molecule has 0 saturated heterocycles. The van der Waals surface area contributed by atoms with Crippen molar-refractivity contribution in [3.63, 3.8) is 0 Å². The number of carbonyl (C=O) groups excluding carboxylic acids is 3. The summed E-state index contributed by atoms with van der Waals surface area (Å²) < 4.78 is 11.1. The van der Waals surface area contributed by atoms with Crippen LogP contribution < -0.4 is 19.7 Å². The van der Waals surface area contributed by atoms with Crippen molar-refractivity contribution in [1.82, 2.24) is 10.2 Å². The number of Topliss-reactive ketones (excluding diaryl/α,β-unsaturated/α-hetero) is 1. The van der Waals surface area contributed by atoms with Crippen LogP contribution in [0, 0.1) is 6.92 Å². The first kappa shape index (κ1) is 25.5. The highest BCUT2D eigenvalue weighted by atomic mass is 35.5. The number of carbonyl (C=O) groups is 3. The Hall–Kier alpha value is -3.10. The van der Waals surface area contributed by atoms with Crippen molar-refractivity contribution in [2.45, 2.75) is 20.8 Å². The summed E-state index contributed by atoms with van der Waals surface area (Å²) in [6.07, 6.45) is 0. The number of amides is 2. The zero-order valence-corrected chi connectivity index (χ0v) is 20.5. The van der Waals surface area contributed by atoms with E-state index in [9.17, 15) is 14.4 Å². The van der Waals surface area contributed by atoms with Gasteiger partial charge >= 0.3 is 0 Å². The number of ketones is 1. The minimum Gasteiger partial charge on any atom is -0.484 e. The normalized spacial score (nSPS) is 12.9. The Morgan fingerprint density at radius 3 is 2.65 bits per heavy atom. The fourth-order valence-corrected chi connectivity index (χ4v) is 3.88. The molecule has 1 aliphatic rings. The van der Waals surface area contributed by atoms with E-state index in [0.29, 0.717) is 34.3 Å². The molecule has 0 unspecified atom stereocenters. The first-order valence-electron chi connectivity index (χ1n) is 11.3. The lowest BCUT2D eigenvalue weighted by molar-refractivity contribution is -0.125. The van der Waals surface area contributed by atoms with Gasteiger partial charge in [0.25, 0.3) is 5.91 Å². The largest absolute Gasteiger partial charge is 0.484 e. The summed E-state index contributed by atoms with van der Waals surface area (Å²) in [6, 6.07) is 10.1. The maximum atomic E-state index is 12.8. The van der Waals surface area contributed by atoms with Crippen LogP contribution in [0.4, 0.5) is 5.69 Å². The highest BCUT2D eigenvalue weighted by molar-refractivity contribution is 6.32. The maximum absolute atomic E-state index is 12.8. The molecule has 34 heavy (non-hydrogen) atoms. The Bertz CT molecular complexity index is 1050. The molecule has 1 aliphatic heterocycles. The van der Waals surface area contributed by atoms with E-state index in [1.54, 1.807) is 30.3 Å². The quantitative estimate of drug-likeness (QED) is 0.490. The van der Waals surface area contributed by atoms with Gasteiger partial charge in [0, 0.05) is 18.7 Å². The van der Waals surface area contributed by atoms with E-state index >= 15 is 0 Å². The van der Waals surface area contributed by atoms with Crippen molar-refractivity contribution < 1.29 is 23.9 Å². The number of ether oxygens (including phenoxy) is 2. The standard InChI is InChI=1S/C25H30ClN3O5/c1-4-28(5-2)11-10-27-24(31)14-29-20-13-18(7-9-23(20)34-16-25(29)32)21(30)15-33-22-8-6-17(3)12-19(22)26/h6-9,12-13H,4-5,10-11,14-16H2,1-3H3,(H,27,31). The number of nitrogens with zero attached hydrogens (tertiary/aromatic N) is 2. The van der Waals surface area contributed by atoms with Crippen molar-refractivity contribution in [1.29, 1.82) is 0 Å². The van der Waals surface area contributed by atoms with Crippen LogP contribution in [0.1, 0.15) is 29.8 Å². The third-order valence-corrected chi connectivity index (χ3v) is 5.91. The van der Waals surface area contributed by atoms with Crippen molar-refractivity contribution in [3.8, 4) is 11.5 Å². The van der Waals surface area contributed by atoms with Gasteiger partial charge in [-0.25, -0.2) is 0 Å². The van der Waals surface area contributed by atoms with E-state index in [-0.39, 0.29) is 37.4 Å². The fraction of sp³-hybridized carbons (Fsp3) is 0.400. The van der Waals surface area contributed by atoms with Gasteiger partial charge in [-0.1, -0.05) is 31.5 Å². The molecular formula is C25H30ClN3O5. The van der Waals surface area contributed by atoms with Crippen LogP contribution in [0.3, 0.4) is 0 Å². The van der Waals surface area contributed by atoms with Gasteiger partial charge < -0.3 is 19.7 Å². The van der Waals surface area contributed by atoms with Gasteiger partial charge in [-0.05, 0) is 55.9 Å². The second-order valence-corrected chi connectivity index (χ2v) is 8.38. The summed E-state index contributed by atoms with van der Waals surface area (Å²) in [5.41, 5.74) is 1.71. The van der Waals surface area contributed by atoms with E-state index in [4.69, 9.17) is 21.1 Å². The lowest BCUT2D eigenvalue weighted by atomic mass is 10.1. The Morgan fingerprint density at radius 1 is 1.18 bits per heavy atom. The maximum Gasteiger partial charge on any atom is 0.265 e. The summed E-state index contributed by atoms with van der Waals surface area (Å²) >= 11 is 6.17. The zero-order chi connectivity index (χ0) is 24.7. The lowest BCUT2D eigenvalue weighted by Crippen LogP contribution is -2.46. The Balaban J connectivity index is 1.66. The second kappa shape index (κ2) is 11.9. The molecule has 2 aromatic rings. The number of hydrogen-bond acceptors (Lipinski definition) is 6. The molecule has 1 N–H and O–H groups in total. The predicted octanol–water partition coefficient (Wildman–Crippen LogP) is 3.09. The van der Waals surface area contributed by atoms with Gasteiger partial charge in [-0.15, -0.1) is 0 Å². The van der Waals surface area contributed by atoms with E-state index in [1.165, 1.54) is 4.90 Å². The molecule has 9 heteroatoms. The Labute approximate surface area is 204 Å². The minimum absolute atomic E-state index is 0.152. The Kier molecular flexibility index (Phi) is 8.90. The first-order chi connectivity index (χ1) is 16.3. The number of likely N-dealkylation sites (N-methyl/N-ethyl adjacent to an activating group) is 1. The van der Waals surface area contributed by atoms with Crippen LogP contribution in [0.5, 0.6) is 11.5 Å². The number of hydrogen-bond donors (Lipinski definition) is 1. The SMILES string of the molecule is CCN(CC)CCNC(=O)CN1C(=O)COc2ccc(C(=O)COc3ccc(C)cc3Cl)cc21. The molecule has 1 heterocycles. The molecule has 0 aliphatic carbocycles. The average Bonchev–Trinajstić information content (AvgIpc) is 2.82. The number of halogens is 1. The molecule has 2 amide bonds. The molecule has 3 rings (SSSR count). The molecule has 8 nitrogen and oxygen atoms in total. The molecule has 2 aromatic carbocycles. The molecule has 0 fully saturated rings. The number of nitrogens with one attached hydrogen (secondary N) is 1. The van der Waals surface area contributed by atoms with Crippen molar-refractivity contribution >= 4 is 34.9 Å². The van der Waals surface area contributed by atoms with Crippen molar-refractivity contribution in [2.75, 3.05) is 50.8 Å². The molecule has 0 radical (unpaired) electrons. The van der Waals surface area contributed by atoms with Crippen LogP contribution in [0.25, 0.3) is 0 Å². The predicted molar refractivity (Wildman–Crippen MR) is 131 cm³/mol. The van der Waals surface area contributed by atoms with E-state index < -0.39 is 0 Å². The summed E-state index contributed by atoms with van der Waals surface area (Å²) in [5.74, 6) is -0.0584. The highest BCUT2D eigenvalue weighted by Crippen LogP contribution is 2.33. The number of fused-ring (bicyclic) bond motifs is 1. The van der Waals surface area contributed by atoms with Gasteiger partial charge in [0.15, 0.2) is 19.0 Å². The topological polar surface area (TPSA) is 88.2 Å². The minimum atomic E-state index is -0.348. The van der Waals surface area contributed by atoms with Gasteiger partial charge in [0.05, 0.1) is 10.7 Å². The zero-order valence-electron chi connectivity index (χ0n) is 19.7. The highest BCUT2D eigenvalue weighted by Gasteiger charge is 2.28. The van der Waals surface area contributed by atoms with Crippen LogP contribution in [-0.2, 0) is 9.59 Å². The third-order valence-electron chi connectivity index (χ3n) is 5.62. The number of rotatable bonds is 11. The molecule has 0 saturated carbocycles. The molecule has 0 bridgehead atoms. The first-order valence-corrected chi connectivity index (χ1v) is 11.7. The molecule has 0 spiro atoms. The van der Waals surface area contributed by atoms with Gasteiger partial charge in [0.2, 0.25) is 5.91 Å². The van der Waals surface area contributed by atoms with Gasteiger partial charge in [-0.2, -0.15) is 0 Å². The summed E-state index contributed by atoms with van der Waals surface area (Å²) in [7, 11) is 0. The number of aryl methyl sites for hydroxylation is 1. The summed E-state index contributed by atoms with van der Waals surface area (Å²) in [5, 5.41) is 3.28. The third kappa shape index (κ3) is 6.48. The number of anilines is 1. The Morgan fingerprint density at radius 2 is 1.94 bits per heavy atom. The number of benzene rings is 2. The van der Waals surface area contributed by atoms with Crippen LogP contribution in [-0.4, -0.2) is 68.4 Å². The second-order valence-electron chi connectivity index (χ2n) is 7.97. The monoisotopic (exact) mass is 487 g/mol. The van der Waals surface area contributed by atoms with E-state index in [0.717, 1.165) is 25.2 Å².